The number of methoxy groups -OCH3 is 1. The average molecular weight is 148 g/mol. The molecule has 0 saturated heterocycles. The van der Waals surface area contributed by atoms with Gasteiger partial charge >= 0.3 is 0 Å². The second kappa shape index (κ2) is 2.85. The van der Waals surface area contributed by atoms with Crippen LogP contribution < -0.4 is 0 Å². The van der Waals surface area contributed by atoms with Gasteiger partial charge in [-0.05, 0) is 11.6 Å². The lowest BCUT2D eigenvalue weighted by Crippen LogP contribution is -1.85. The molecule has 0 radical (unpaired) electrons. The number of rotatable bonds is 2. The summed E-state index contributed by atoms with van der Waals surface area (Å²) in [4.78, 5) is 3.77. The third-order valence-corrected chi connectivity index (χ3v) is 0.990. The molecule has 50 valence electrons. The van der Waals surface area contributed by atoms with Crippen molar-refractivity contribution in [3.63, 3.8) is 0 Å². The van der Waals surface area contributed by atoms with Crippen molar-refractivity contribution in [3.05, 3.63) is 17.3 Å². The number of ether oxygens (including phenoxy) is 1. The van der Waals surface area contributed by atoms with Gasteiger partial charge in [-0.25, -0.2) is 4.98 Å². The van der Waals surface area contributed by atoms with Crippen LogP contribution in [0.1, 0.15) is 5.69 Å². The minimum atomic E-state index is 0.155. The summed E-state index contributed by atoms with van der Waals surface area (Å²) in [7, 11) is 1.59. The van der Waals surface area contributed by atoms with E-state index < -0.39 is 0 Å². The fourth-order valence-corrected chi connectivity index (χ4v) is 0.650. The molecule has 1 aromatic heterocycles. The van der Waals surface area contributed by atoms with E-state index in [9.17, 15) is 0 Å². The summed E-state index contributed by atoms with van der Waals surface area (Å²) >= 11 is 5.36. The summed E-state index contributed by atoms with van der Waals surface area (Å²) in [5.74, 6) is 0. The summed E-state index contributed by atoms with van der Waals surface area (Å²) in [5.41, 5.74) is 0.711. The quantitative estimate of drug-likeness (QED) is 0.636. The molecule has 1 heterocycles. The monoisotopic (exact) mass is 147 g/mol. The molecule has 0 atom stereocenters. The molecule has 1 rings (SSSR count). The SMILES string of the molecule is COCc1coc(Cl)n1. The molecule has 0 spiro atoms. The molecule has 1 aromatic rings. The fraction of sp³-hybridized carbons (Fsp3) is 0.400. The summed E-state index contributed by atoms with van der Waals surface area (Å²) in [6, 6.07) is 0. The molecule has 0 amide bonds. The van der Waals surface area contributed by atoms with Crippen molar-refractivity contribution in [2.75, 3.05) is 7.11 Å². The molecule has 9 heavy (non-hydrogen) atoms. The predicted molar refractivity (Wildman–Crippen MR) is 32.2 cm³/mol. The highest BCUT2D eigenvalue weighted by Gasteiger charge is 1.97. The Morgan fingerprint density at radius 1 is 1.89 bits per heavy atom. The highest BCUT2D eigenvalue weighted by Crippen LogP contribution is 2.07. The Bertz CT molecular complexity index is 187. The van der Waals surface area contributed by atoms with Gasteiger partial charge < -0.3 is 9.15 Å². The third-order valence-electron chi connectivity index (χ3n) is 0.816. The molecule has 3 nitrogen and oxygen atoms in total. The number of hydrogen-bond donors (Lipinski definition) is 0. The van der Waals surface area contributed by atoms with Gasteiger partial charge in [0.15, 0.2) is 0 Å². The molecule has 4 heteroatoms. The largest absolute Gasteiger partial charge is 0.436 e. The first-order chi connectivity index (χ1) is 4.33. The molecule has 0 unspecified atom stereocenters. The molecule has 0 fully saturated rings. The normalized spacial score (nSPS) is 10.0. The number of oxazole rings is 1. The first-order valence-electron chi connectivity index (χ1n) is 2.42. The molecule has 0 aliphatic carbocycles. The lowest BCUT2D eigenvalue weighted by molar-refractivity contribution is 0.181. The number of halogens is 1. The highest BCUT2D eigenvalue weighted by atomic mass is 35.5. The van der Waals surface area contributed by atoms with Crippen LogP contribution in [0.3, 0.4) is 0 Å². The van der Waals surface area contributed by atoms with E-state index in [-0.39, 0.29) is 5.35 Å². The van der Waals surface area contributed by atoms with Crippen LogP contribution >= 0.6 is 11.6 Å². The number of aromatic nitrogens is 1. The van der Waals surface area contributed by atoms with Gasteiger partial charge in [0, 0.05) is 7.11 Å². The van der Waals surface area contributed by atoms with Crippen molar-refractivity contribution in [1.82, 2.24) is 4.98 Å². The van der Waals surface area contributed by atoms with Crippen LogP contribution in [0.2, 0.25) is 5.35 Å². The van der Waals surface area contributed by atoms with E-state index in [0.717, 1.165) is 0 Å². The van der Waals surface area contributed by atoms with Gasteiger partial charge in [0.05, 0.1) is 6.61 Å². The zero-order valence-electron chi connectivity index (χ0n) is 4.93. The van der Waals surface area contributed by atoms with Gasteiger partial charge in [-0.3, -0.25) is 0 Å². The van der Waals surface area contributed by atoms with Crippen LogP contribution in [0.4, 0.5) is 0 Å². The van der Waals surface area contributed by atoms with E-state index in [1.165, 1.54) is 6.26 Å². The Balaban J connectivity index is 2.61. The zero-order valence-corrected chi connectivity index (χ0v) is 5.68. The maximum absolute atomic E-state index is 5.36. The third kappa shape index (κ3) is 1.69. The van der Waals surface area contributed by atoms with Crippen LogP contribution in [0.15, 0.2) is 10.7 Å². The molecule has 0 aliphatic rings. The topological polar surface area (TPSA) is 35.3 Å². The molecular formula is C5H6ClNO2. The van der Waals surface area contributed by atoms with Gasteiger partial charge in [-0.1, -0.05) is 0 Å². The van der Waals surface area contributed by atoms with Gasteiger partial charge in [-0.2, -0.15) is 0 Å². The van der Waals surface area contributed by atoms with Gasteiger partial charge in [0.2, 0.25) is 0 Å². The van der Waals surface area contributed by atoms with Crippen LogP contribution in [0.5, 0.6) is 0 Å². The Kier molecular flexibility index (Phi) is 2.08. The van der Waals surface area contributed by atoms with E-state index in [0.29, 0.717) is 12.3 Å². The number of hydrogen-bond acceptors (Lipinski definition) is 3. The average Bonchev–Trinajstić information content (AvgIpc) is 2.17. The predicted octanol–water partition coefficient (Wildman–Crippen LogP) is 1.47. The summed E-state index contributed by atoms with van der Waals surface area (Å²) in [5, 5.41) is 0.155. The van der Waals surface area contributed by atoms with Crippen LogP contribution in [-0.2, 0) is 11.3 Å². The lowest BCUT2D eigenvalue weighted by Gasteiger charge is -1.86. The van der Waals surface area contributed by atoms with Crippen molar-refractivity contribution < 1.29 is 9.15 Å². The highest BCUT2D eigenvalue weighted by molar-refractivity contribution is 6.27. The van der Waals surface area contributed by atoms with Crippen molar-refractivity contribution in [1.29, 1.82) is 0 Å². The van der Waals surface area contributed by atoms with Crippen molar-refractivity contribution in [2.24, 2.45) is 0 Å². The standard InChI is InChI=1S/C5H6ClNO2/c1-8-2-4-3-9-5(6)7-4/h3H,2H2,1H3. The fourth-order valence-electron chi connectivity index (χ4n) is 0.496. The summed E-state index contributed by atoms with van der Waals surface area (Å²) in [6.45, 7) is 0.441. The molecular weight excluding hydrogens is 142 g/mol. The maximum atomic E-state index is 5.36. The zero-order chi connectivity index (χ0) is 6.69. The van der Waals surface area contributed by atoms with E-state index in [1.807, 2.05) is 0 Å². The Labute approximate surface area is 57.6 Å². The second-order valence-corrected chi connectivity index (χ2v) is 1.85. The Hall–Kier alpha value is -0.540. The van der Waals surface area contributed by atoms with E-state index in [1.54, 1.807) is 7.11 Å². The minimum absolute atomic E-state index is 0.155. The Morgan fingerprint density at radius 2 is 2.67 bits per heavy atom. The smallest absolute Gasteiger partial charge is 0.292 e. The van der Waals surface area contributed by atoms with E-state index in [2.05, 4.69) is 4.98 Å². The van der Waals surface area contributed by atoms with Crippen molar-refractivity contribution in [2.45, 2.75) is 6.61 Å². The number of nitrogens with zero attached hydrogens (tertiary/aromatic N) is 1. The van der Waals surface area contributed by atoms with Crippen molar-refractivity contribution >= 4 is 11.6 Å². The van der Waals surface area contributed by atoms with Crippen LogP contribution in [0, 0.1) is 0 Å². The van der Waals surface area contributed by atoms with Gasteiger partial charge in [0.25, 0.3) is 5.35 Å². The summed E-state index contributed by atoms with van der Waals surface area (Å²) < 4.78 is 9.45. The molecule has 0 saturated carbocycles. The van der Waals surface area contributed by atoms with Gasteiger partial charge in [0.1, 0.15) is 12.0 Å². The molecule has 0 aromatic carbocycles. The van der Waals surface area contributed by atoms with Crippen LogP contribution in [-0.4, -0.2) is 12.1 Å². The Morgan fingerprint density at radius 3 is 3.11 bits per heavy atom. The van der Waals surface area contributed by atoms with Crippen LogP contribution in [0.25, 0.3) is 0 Å². The molecule has 0 N–H and O–H groups in total. The van der Waals surface area contributed by atoms with Gasteiger partial charge in [-0.15, -0.1) is 0 Å². The first-order valence-corrected chi connectivity index (χ1v) is 2.79. The van der Waals surface area contributed by atoms with E-state index in [4.69, 9.17) is 20.8 Å². The molecule has 0 bridgehead atoms. The lowest BCUT2D eigenvalue weighted by atomic mass is 10.5. The summed E-state index contributed by atoms with van der Waals surface area (Å²) in [6.07, 6.45) is 1.46. The minimum Gasteiger partial charge on any atom is -0.436 e. The van der Waals surface area contributed by atoms with E-state index >= 15 is 0 Å². The molecule has 0 aliphatic heterocycles. The van der Waals surface area contributed by atoms with Crippen molar-refractivity contribution in [3.8, 4) is 0 Å². The maximum Gasteiger partial charge on any atom is 0.292 e. The second-order valence-electron chi connectivity index (χ2n) is 1.52. The first kappa shape index (κ1) is 6.58.